The summed E-state index contributed by atoms with van der Waals surface area (Å²) >= 11 is 7.42. The SMILES string of the molecule is C.CC(=O)N1CC[C@@H](NC(=O)[C@@H]([NH3+])Cc2c(C)cc(O)cc2C)c2cc(Cc3ccccc3)cc(Br)c21.CC(=O)N1CC[C@@H](NC(=O)[C@H](Cc2c(C)cc(OC(=O)OC(C)(C)C)cc2C)NC(=O)OC(C)(C)C)c2cc(Cc3ccccc3)cc(Br)c21.O=C(O)C(F)(F)F. The standard InChI is InChI=1S/C39H48BrN3O7.C29H32BrN3O3.C2HF3O2.CH4/c1-23-17-28(48-37(47)50-39(7,8)9)18-24(2)29(23)22-33(42-36(46)49-38(4,5)6)35(45)41-32-15-16-43(25(3)44)34-30(32)20-27(21-31(34)40)19-26-13-11-10-12-14-26;1-17-11-22(35)12-18(2)23(17)16-26(31)29(36)32-27-9-10-33(19(3)34)28-24(27)14-21(15-25(28)30)13-20-7-5-4-6-8-20;3-2(4,5)1(6)7;/h10-14,17-18,20-21,32-33H,15-16,19,22H2,1-9H3,(H,41,45)(H,42,46);4-8,11-12,14-15,26-27,35H,9-10,13,16,31H2,1-3H3,(H,32,36);(H,6,7);1H4/p+1/t32-,33+;26-,27+;;/m10../s1. The van der Waals surface area contributed by atoms with Crippen LogP contribution in [0.5, 0.6) is 11.5 Å². The number of amides is 5. The molecule has 0 saturated heterocycles. The van der Waals surface area contributed by atoms with Gasteiger partial charge in [0.15, 0.2) is 6.04 Å². The summed E-state index contributed by atoms with van der Waals surface area (Å²) in [5, 5.41) is 26.2. The number of hydrogen-bond donors (Lipinski definition) is 6. The predicted molar refractivity (Wildman–Crippen MR) is 362 cm³/mol. The topological polar surface area (TPSA) is 258 Å². The van der Waals surface area contributed by atoms with Crippen LogP contribution in [0.1, 0.15) is 155 Å². The molecule has 6 aromatic rings. The Balaban J connectivity index is 0.000000318. The van der Waals surface area contributed by atoms with Crippen molar-refractivity contribution in [3.63, 3.8) is 0 Å². The summed E-state index contributed by atoms with van der Waals surface area (Å²) in [5.41, 5.74) is 15.7. The van der Waals surface area contributed by atoms with E-state index in [4.69, 9.17) is 24.1 Å². The highest BCUT2D eigenvalue weighted by Crippen LogP contribution is 2.43. The number of hydrogen-bond acceptors (Lipinski definition) is 11. The molecule has 506 valence electrons. The fourth-order valence-corrected chi connectivity index (χ4v) is 12.5. The van der Waals surface area contributed by atoms with Crippen molar-refractivity contribution in [1.29, 1.82) is 0 Å². The maximum atomic E-state index is 14.2. The number of nitrogens with one attached hydrogen (secondary N) is 3. The smallest absolute Gasteiger partial charge is 0.508 e. The molecule has 2 aliphatic heterocycles. The maximum absolute atomic E-state index is 14.2. The number of nitrogens with zero attached hydrogens (tertiary/aromatic N) is 2. The summed E-state index contributed by atoms with van der Waals surface area (Å²) in [6.45, 7) is 22.1. The number of quaternary nitrogens is 1. The van der Waals surface area contributed by atoms with Gasteiger partial charge in [0, 0.05) is 48.7 Å². The number of anilines is 2. The first-order chi connectivity index (χ1) is 43.4. The number of aromatic hydroxyl groups is 1. The highest BCUT2D eigenvalue weighted by molar-refractivity contribution is 9.11. The number of rotatable bonds is 14. The van der Waals surface area contributed by atoms with E-state index in [-0.39, 0.29) is 43.4 Å². The molecule has 0 aliphatic carbocycles. The van der Waals surface area contributed by atoms with Gasteiger partial charge in [-0.25, -0.2) is 14.4 Å². The van der Waals surface area contributed by atoms with Crippen LogP contribution < -0.4 is 36.2 Å². The molecular formula is C71H86Br2F3N6O12+. The Labute approximate surface area is 564 Å². The van der Waals surface area contributed by atoms with Gasteiger partial charge in [-0.15, -0.1) is 0 Å². The monoisotopic (exact) mass is 1430 g/mol. The van der Waals surface area contributed by atoms with Crippen LogP contribution in [0.3, 0.4) is 0 Å². The van der Waals surface area contributed by atoms with E-state index in [9.17, 15) is 47.0 Å². The molecule has 0 saturated carbocycles. The molecular weight excluding hydrogens is 1350 g/mol. The molecule has 0 bridgehead atoms. The second-order valence-electron chi connectivity index (χ2n) is 25.2. The molecule has 0 fully saturated rings. The van der Waals surface area contributed by atoms with Gasteiger partial charge in [0.2, 0.25) is 17.7 Å². The number of benzene rings is 6. The number of phenolic OH excluding ortho intramolecular Hbond substituents is 1. The van der Waals surface area contributed by atoms with Gasteiger partial charge in [0.05, 0.1) is 23.5 Å². The molecule has 5 amide bonds. The van der Waals surface area contributed by atoms with Gasteiger partial charge in [-0.05, 0) is 230 Å². The average molecular weight is 1430 g/mol. The Morgan fingerprint density at radius 1 is 0.606 bits per heavy atom. The van der Waals surface area contributed by atoms with E-state index in [2.05, 4.69) is 89.9 Å². The number of fused-ring (bicyclic) bond motifs is 2. The molecule has 94 heavy (non-hydrogen) atoms. The molecule has 4 atom stereocenters. The van der Waals surface area contributed by atoms with Crippen molar-refractivity contribution < 1.29 is 76.9 Å². The first-order valence-corrected chi connectivity index (χ1v) is 31.8. The van der Waals surface area contributed by atoms with Gasteiger partial charge < -0.3 is 55.9 Å². The van der Waals surface area contributed by atoms with E-state index < -0.39 is 59.6 Å². The minimum absolute atomic E-state index is 0. The van der Waals surface area contributed by atoms with Crippen LogP contribution in [0.4, 0.5) is 34.1 Å². The van der Waals surface area contributed by atoms with E-state index >= 15 is 0 Å². The van der Waals surface area contributed by atoms with Crippen LogP contribution >= 0.6 is 31.9 Å². The average Bonchev–Trinajstić information content (AvgIpc) is 0.777. The fourth-order valence-electron chi connectivity index (χ4n) is 11.1. The summed E-state index contributed by atoms with van der Waals surface area (Å²) in [7, 11) is 0. The molecule has 6 aromatic carbocycles. The van der Waals surface area contributed by atoms with Crippen LogP contribution in [-0.2, 0) is 59.1 Å². The minimum atomic E-state index is -5.08. The minimum Gasteiger partial charge on any atom is -0.508 e. The summed E-state index contributed by atoms with van der Waals surface area (Å²) in [4.78, 5) is 90.4. The highest BCUT2D eigenvalue weighted by atomic mass is 79.9. The zero-order valence-corrected chi connectivity index (χ0v) is 57.5. The number of alkyl carbamates (subject to hydrolysis) is 1. The van der Waals surface area contributed by atoms with E-state index in [0.717, 1.165) is 87.9 Å². The van der Waals surface area contributed by atoms with Gasteiger partial charge in [-0.2, -0.15) is 13.2 Å². The van der Waals surface area contributed by atoms with Crippen LogP contribution in [-0.4, -0.2) is 94.6 Å². The first kappa shape index (κ1) is 76.4. The Morgan fingerprint density at radius 2 is 1.00 bits per heavy atom. The normalized spacial score (nSPS) is 14.9. The molecule has 0 spiro atoms. The number of ether oxygens (including phenoxy) is 3. The molecule has 0 unspecified atom stereocenters. The van der Waals surface area contributed by atoms with Crippen molar-refractivity contribution in [3.05, 3.63) is 185 Å². The lowest BCUT2D eigenvalue weighted by molar-refractivity contribution is -0.403. The van der Waals surface area contributed by atoms with Crippen molar-refractivity contribution in [1.82, 2.24) is 16.0 Å². The molecule has 2 heterocycles. The van der Waals surface area contributed by atoms with Crippen molar-refractivity contribution in [2.75, 3.05) is 22.9 Å². The molecule has 8 rings (SSSR count). The molecule has 0 aromatic heterocycles. The fraction of sp³-hybridized carbons (Fsp3) is 0.394. The molecule has 0 radical (unpaired) electrons. The lowest BCUT2D eigenvalue weighted by Crippen LogP contribution is -2.68. The van der Waals surface area contributed by atoms with E-state index in [0.29, 0.717) is 44.5 Å². The quantitative estimate of drug-likeness (QED) is 0.0440. The molecule has 18 nitrogen and oxygen atoms in total. The Hall–Kier alpha value is -8.28. The largest absolute Gasteiger partial charge is 0.514 e. The van der Waals surface area contributed by atoms with E-state index in [1.807, 2.05) is 76.2 Å². The second-order valence-corrected chi connectivity index (χ2v) is 26.9. The van der Waals surface area contributed by atoms with E-state index in [1.165, 1.54) is 12.5 Å². The number of aliphatic carboxylic acids is 1. The van der Waals surface area contributed by atoms with Gasteiger partial charge in [0.1, 0.15) is 28.7 Å². The lowest BCUT2D eigenvalue weighted by atomic mass is 9.91. The number of aryl methyl sites for hydroxylation is 4. The summed E-state index contributed by atoms with van der Waals surface area (Å²) < 4.78 is 49.6. The van der Waals surface area contributed by atoms with Gasteiger partial charge in [0.25, 0.3) is 5.91 Å². The predicted octanol–water partition coefficient (Wildman–Crippen LogP) is 13.4. The highest BCUT2D eigenvalue weighted by Gasteiger charge is 2.39. The molecule has 2 aliphatic rings. The molecule has 23 heteroatoms. The van der Waals surface area contributed by atoms with Gasteiger partial charge in [-0.3, -0.25) is 19.2 Å². The second kappa shape index (κ2) is 32.7. The van der Waals surface area contributed by atoms with Crippen molar-refractivity contribution in [2.45, 2.75) is 171 Å². The van der Waals surface area contributed by atoms with Crippen LogP contribution in [0, 0.1) is 27.7 Å². The zero-order valence-electron chi connectivity index (χ0n) is 54.3. The van der Waals surface area contributed by atoms with Gasteiger partial charge in [-0.1, -0.05) is 80.2 Å². The van der Waals surface area contributed by atoms with E-state index in [1.54, 1.807) is 82.5 Å². The zero-order chi connectivity index (χ0) is 69.0. The maximum Gasteiger partial charge on any atom is 0.514 e. The van der Waals surface area contributed by atoms with Crippen molar-refractivity contribution in [2.24, 2.45) is 0 Å². The lowest BCUT2D eigenvalue weighted by Gasteiger charge is -2.36. The van der Waals surface area contributed by atoms with Crippen molar-refractivity contribution >= 4 is 85.1 Å². The van der Waals surface area contributed by atoms with Crippen LogP contribution in [0.15, 0.2) is 118 Å². The Bertz CT molecular complexity index is 3680. The van der Waals surface area contributed by atoms with Gasteiger partial charge >= 0.3 is 24.4 Å². The summed E-state index contributed by atoms with van der Waals surface area (Å²) in [6.07, 6.45) is -3.46. The number of phenols is 1. The van der Waals surface area contributed by atoms with Crippen LogP contribution in [0.25, 0.3) is 0 Å². The van der Waals surface area contributed by atoms with Crippen LogP contribution in [0.2, 0.25) is 0 Å². The van der Waals surface area contributed by atoms with Crippen molar-refractivity contribution in [3.8, 4) is 11.5 Å². The third-order valence-electron chi connectivity index (χ3n) is 15.2. The number of alkyl halides is 3. The Morgan fingerprint density at radius 3 is 1.39 bits per heavy atom. The molecule has 8 N–H and O–H groups in total. The summed E-state index contributed by atoms with van der Waals surface area (Å²) in [5.74, 6) is -2.87. The Kier molecular flexibility index (Phi) is 26.6. The first-order valence-electron chi connectivity index (χ1n) is 30.2. The number of halogens is 5. The number of carbonyl (C=O) groups excluding carboxylic acids is 6. The number of carboxylic acid groups (broad SMARTS) is 1. The summed E-state index contributed by atoms with van der Waals surface area (Å²) in [6, 6.07) is 33.2. The third kappa shape index (κ3) is 21.9. The number of carbonyl (C=O) groups is 7. The number of carboxylic acids is 1. The third-order valence-corrected chi connectivity index (χ3v) is 16.4.